The molecule has 1 saturated carbocycles. The van der Waals surface area contributed by atoms with Gasteiger partial charge in [-0.3, -0.25) is 0 Å². The van der Waals surface area contributed by atoms with Crippen LogP contribution in [0.2, 0.25) is 0 Å². The van der Waals surface area contributed by atoms with Crippen molar-refractivity contribution in [2.45, 2.75) is 24.9 Å². The van der Waals surface area contributed by atoms with Gasteiger partial charge in [-0.15, -0.1) is 0 Å². The van der Waals surface area contributed by atoms with Crippen LogP contribution in [0.5, 0.6) is 0 Å². The molecule has 2 heteroatoms. The molecular formula is C13H15BP. The number of allylic oxidation sites excluding steroid dienone is 1. The van der Waals surface area contributed by atoms with E-state index in [0.717, 1.165) is 11.6 Å². The molecular weight excluding hydrogens is 198 g/mol. The van der Waals surface area contributed by atoms with Crippen LogP contribution in [-0.2, 0) is 0 Å². The van der Waals surface area contributed by atoms with E-state index >= 15 is 0 Å². The Kier molecular flexibility index (Phi) is 3.31. The molecule has 0 nitrogen and oxygen atoms in total. The molecule has 0 bridgehead atoms. The molecule has 75 valence electrons. The van der Waals surface area contributed by atoms with Crippen molar-refractivity contribution in [3.63, 3.8) is 0 Å². The summed E-state index contributed by atoms with van der Waals surface area (Å²) in [7, 11) is 0.0388. The Balaban J connectivity index is 0.000000853. The lowest BCUT2D eigenvalue weighted by atomic mass is 10.1. The average Bonchev–Trinajstić information content (AvgIpc) is 2.79. The first kappa shape index (κ1) is 11.0. The minimum atomic E-state index is 0. The van der Waals surface area contributed by atoms with Crippen molar-refractivity contribution in [2.24, 2.45) is 5.92 Å². The second-order valence-electron chi connectivity index (χ2n) is 4.25. The molecule has 0 N–H and O–H groups in total. The van der Waals surface area contributed by atoms with E-state index in [1.807, 2.05) is 0 Å². The van der Waals surface area contributed by atoms with Gasteiger partial charge in [0.1, 0.15) is 0 Å². The van der Waals surface area contributed by atoms with Crippen molar-refractivity contribution < 1.29 is 0 Å². The van der Waals surface area contributed by atoms with E-state index < -0.39 is 0 Å². The second-order valence-corrected chi connectivity index (χ2v) is 6.54. The third kappa shape index (κ3) is 1.90. The van der Waals surface area contributed by atoms with Gasteiger partial charge in [0.2, 0.25) is 0 Å². The van der Waals surface area contributed by atoms with Crippen LogP contribution in [0.15, 0.2) is 42.2 Å². The maximum atomic E-state index is 2.50. The molecule has 1 heterocycles. The van der Waals surface area contributed by atoms with Crippen molar-refractivity contribution in [3.05, 3.63) is 42.2 Å². The number of hydrogen-bond donors (Lipinski definition) is 0. The Bertz CT molecular complexity index is 347. The average molecular weight is 213 g/mol. The second kappa shape index (κ2) is 4.53. The molecule has 1 aliphatic carbocycles. The fraction of sp³-hybridized carbons (Fsp3) is 0.385. The Hall–Kier alpha value is -0.545. The molecule has 1 aromatic carbocycles. The van der Waals surface area contributed by atoms with Crippen LogP contribution in [0.3, 0.4) is 0 Å². The first-order chi connectivity index (χ1) is 6.95. The highest BCUT2D eigenvalue weighted by molar-refractivity contribution is 7.69. The van der Waals surface area contributed by atoms with Crippen molar-refractivity contribution in [3.8, 4) is 0 Å². The molecule has 3 radical (unpaired) electrons. The standard InChI is InChI=1S/C13H15P.B/c1-2-6-12(7-3-1)14-10-9-11-5-4-8-13(11)14;/h1-3,6-7,9-11,13H,4-5,8H2;. The normalized spacial score (nSPS) is 32.4. The van der Waals surface area contributed by atoms with Crippen LogP contribution in [0, 0.1) is 5.92 Å². The zero-order chi connectivity index (χ0) is 9.38. The zero-order valence-electron chi connectivity index (χ0n) is 8.84. The molecule has 15 heavy (non-hydrogen) atoms. The highest BCUT2D eigenvalue weighted by Gasteiger charge is 2.35. The van der Waals surface area contributed by atoms with E-state index in [0.29, 0.717) is 0 Å². The van der Waals surface area contributed by atoms with E-state index in [-0.39, 0.29) is 16.3 Å². The lowest BCUT2D eigenvalue weighted by Gasteiger charge is -2.19. The number of benzene rings is 1. The van der Waals surface area contributed by atoms with E-state index in [9.17, 15) is 0 Å². The third-order valence-corrected chi connectivity index (χ3v) is 6.18. The first-order valence-corrected chi connectivity index (χ1v) is 6.95. The smallest absolute Gasteiger partial charge is 0 e. The lowest BCUT2D eigenvalue weighted by Crippen LogP contribution is -2.10. The number of hydrogen-bond acceptors (Lipinski definition) is 0. The summed E-state index contributed by atoms with van der Waals surface area (Å²) in [5, 5.41) is 1.58. The molecule has 2 aliphatic rings. The summed E-state index contributed by atoms with van der Waals surface area (Å²) in [6.07, 6.45) is 6.83. The predicted molar refractivity (Wildman–Crippen MR) is 69.0 cm³/mol. The van der Waals surface area contributed by atoms with Crippen LogP contribution in [0.4, 0.5) is 0 Å². The molecule has 1 aliphatic heterocycles. The van der Waals surface area contributed by atoms with Gasteiger partial charge in [-0.1, -0.05) is 48.6 Å². The Labute approximate surface area is 95.1 Å². The van der Waals surface area contributed by atoms with E-state index in [4.69, 9.17) is 0 Å². The van der Waals surface area contributed by atoms with E-state index in [1.165, 1.54) is 19.3 Å². The van der Waals surface area contributed by atoms with Crippen molar-refractivity contribution in [2.75, 3.05) is 0 Å². The fourth-order valence-corrected chi connectivity index (χ4v) is 5.55. The minimum absolute atomic E-state index is 0. The van der Waals surface area contributed by atoms with Crippen LogP contribution < -0.4 is 5.30 Å². The molecule has 3 rings (SSSR count). The quantitative estimate of drug-likeness (QED) is 0.496. The summed E-state index contributed by atoms with van der Waals surface area (Å²) in [6, 6.07) is 11.1. The monoisotopic (exact) mass is 213 g/mol. The Morgan fingerprint density at radius 3 is 2.67 bits per heavy atom. The molecule has 1 aromatic rings. The van der Waals surface area contributed by atoms with Crippen molar-refractivity contribution >= 4 is 21.6 Å². The third-order valence-electron chi connectivity index (χ3n) is 3.44. The summed E-state index contributed by atoms with van der Waals surface area (Å²) in [4.78, 5) is 0. The van der Waals surface area contributed by atoms with Gasteiger partial charge in [0.05, 0.1) is 0 Å². The van der Waals surface area contributed by atoms with Gasteiger partial charge in [0, 0.05) is 8.41 Å². The molecule has 3 unspecified atom stereocenters. The summed E-state index contributed by atoms with van der Waals surface area (Å²) >= 11 is 0. The highest BCUT2D eigenvalue weighted by atomic mass is 31.1. The van der Waals surface area contributed by atoms with Gasteiger partial charge in [-0.2, -0.15) is 0 Å². The predicted octanol–water partition coefficient (Wildman–Crippen LogP) is 3.11. The molecule has 1 fully saturated rings. The number of rotatable bonds is 1. The maximum Gasteiger partial charge on any atom is 0 e. The van der Waals surface area contributed by atoms with E-state index in [1.54, 1.807) is 5.30 Å². The lowest BCUT2D eigenvalue weighted by molar-refractivity contribution is 0.706. The van der Waals surface area contributed by atoms with E-state index in [2.05, 4.69) is 42.2 Å². The largest absolute Gasteiger partial charge is 0.0800 e. The zero-order valence-corrected chi connectivity index (χ0v) is 9.74. The maximum absolute atomic E-state index is 2.50. The molecule has 0 amide bonds. The SMILES string of the molecule is C1=CP(c2ccccc2)C2CCCC12.[B]. The summed E-state index contributed by atoms with van der Waals surface area (Å²) in [5.41, 5.74) is 0.979. The van der Waals surface area contributed by atoms with Crippen LogP contribution in [-0.4, -0.2) is 14.1 Å². The molecule has 3 atom stereocenters. The van der Waals surface area contributed by atoms with Crippen LogP contribution in [0.25, 0.3) is 0 Å². The highest BCUT2D eigenvalue weighted by Crippen LogP contribution is 2.56. The van der Waals surface area contributed by atoms with Crippen molar-refractivity contribution in [1.82, 2.24) is 0 Å². The summed E-state index contributed by atoms with van der Waals surface area (Å²) < 4.78 is 0. The van der Waals surface area contributed by atoms with Gasteiger partial charge in [-0.05, 0) is 37.6 Å². The van der Waals surface area contributed by atoms with Crippen molar-refractivity contribution in [1.29, 1.82) is 0 Å². The van der Waals surface area contributed by atoms with Gasteiger partial charge in [0.25, 0.3) is 0 Å². The molecule has 0 aromatic heterocycles. The number of fused-ring (bicyclic) bond motifs is 1. The van der Waals surface area contributed by atoms with Gasteiger partial charge >= 0.3 is 0 Å². The van der Waals surface area contributed by atoms with Crippen LogP contribution in [0.1, 0.15) is 19.3 Å². The summed E-state index contributed by atoms with van der Waals surface area (Å²) in [6.45, 7) is 0. The Morgan fingerprint density at radius 1 is 1.07 bits per heavy atom. The molecule has 0 spiro atoms. The first-order valence-electron chi connectivity index (χ1n) is 5.47. The van der Waals surface area contributed by atoms with Gasteiger partial charge < -0.3 is 0 Å². The van der Waals surface area contributed by atoms with Gasteiger partial charge in [-0.25, -0.2) is 0 Å². The van der Waals surface area contributed by atoms with Gasteiger partial charge in [0.15, 0.2) is 0 Å². The molecule has 0 saturated heterocycles. The summed E-state index contributed by atoms with van der Waals surface area (Å²) in [5.74, 6) is 3.42. The topological polar surface area (TPSA) is 0 Å². The van der Waals surface area contributed by atoms with Crippen LogP contribution >= 0.6 is 7.92 Å². The fourth-order valence-electron chi connectivity index (χ4n) is 2.73. The minimum Gasteiger partial charge on any atom is -0.0800 e. The Morgan fingerprint density at radius 2 is 1.87 bits per heavy atom.